The van der Waals surface area contributed by atoms with Gasteiger partial charge >= 0.3 is 0 Å². The molecule has 1 amide bonds. The first-order valence-electron chi connectivity index (χ1n) is 11.2. The number of phenolic OH excluding ortho intramolecular Hbond substituents is 1. The van der Waals surface area contributed by atoms with E-state index >= 15 is 0 Å². The number of Topliss-reactive ketones (excluding diaryl/α,β-unsaturated/α-hetero) is 1. The molecular formula is C29H21ClN2O4. The number of aliphatic hydroxyl groups is 1. The molecule has 1 aliphatic heterocycles. The van der Waals surface area contributed by atoms with Gasteiger partial charge in [0.1, 0.15) is 11.5 Å². The minimum Gasteiger partial charge on any atom is -0.508 e. The molecule has 1 saturated heterocycles. The third kappa shape index (κ3) is 4.42. The van der Waals surface area contributed by atoms with Crippen LogP contribution in [0.5, 0.6) is 5.75 Å². The quantitative estimate of drug-likeness (QED) is 0.169. The number of anilines is 3. The van der Waals surface area contributed by atoms with E-state index in [1.165, 1.54) is 23.1 Å². The molecule has 7 heteroatoms. The van der Waals surface area contributed by atoms with E-state index in [4.69, 9.17) is 11.6 Å². The molecule has 1 fully saturated rings. The number of rotatable bonds is 5. The summed E-state index contributed by atoms with van der Waals surface area (Å²) in [6.45, 7) is 0. The van der Waals surface area contributed by atoms with E-state index < -0.39 is 17.7 Å². The molecular weight excluding hydrogens is 476 g/mol. The van der Waals surface area contributed by atoms with Crippen LogP contribution in [-0.2, 0) is 9.59 Å². The molecule has 1 atom stereocenters. The Hall–Kier alpha value is -4.55. The molecule has 1 aliphatic rings. The van der Waals surface area contributed by atoms with E-state index in [1.54, 1.807) is 42.5 Å². The van der Waals surface area contributed by atoms with Crippen molar-refractivity contribution in [3.8, 4) is 5.75 Å². The maximum atomic E-state index is 13.3. The Morgan fingerprint density at radius 2 is 1.47 bits per heavy atom. The van der Waals surface area contributed by atoms with Crippen LogP contribution in [0.1, 0.15) is 17.2 Å². The fourth-order valence-electron chi connectivity index (χ4n) is 4.26. The number of phenols is 1. The van der Waals surface area contributed by atoms with E-state index in [-0.39, 0.29) is 17.1 Å². The van der Waals surface area contributed by atoms with Crippen molar-refractivity contribution >= 4 is 46.1 Å². The number of aromatic hydroxyl groups is 1. The third-order valence-corrected chi connectivity index (χ3v) is 6.19. The Morgan fingerprint density at radius 1 is 0.806 bits per heavy atom. The van der Waals surface area contributed by atoms with Gasteiger partial charge in [0.15, 0.2) is 0 Å². The van der Waals surface area contributed by atoms with Crippen LogP contribution in [0, 0.1) is 0 Å². The SMILES string of the molecule is O=C1C(=O)N(c2ccc(Nc3ccccc3)cc2)C(c2ccc(O)cc2)/C1=C(/O)c1cccc(Cl)c1. The predicted molar refractivity (Wildman–Crippen MR) is 141 cm³/mol. The molecule has 0 saturated carbocycles. The highest BCUT2D eigenvalue weighted by atomic mass is 35.5. The zero-order valence-corrected chi connectivity index (χ0v) is 19.7. The van der Waals surface area contributed by atoms with E-state index in [1.807, 2.05) is 42.5 Å². The second kappa shape index (κ2) is 9.60. The fraction of sp³-hybridized carbons (Fsp3) is 0.0345. The van der Waals surface area contributed by atoms with Gasteiger partial charge in [0, 0.05) is 27.6 Å². The van der Waals surface area contributed by atoms with Crippen LogP contribution in [0.4, 0.5) is 17.1 Å². The molecule has 178 valence electrons. The Morgan fingerprint density at radius 3 is 2.14 bits per heavy atom. The van der Waals surface area contributed by atoms with Gasteiger partial charge in [-0.15, -0.1) is 0 Å². The van der Waals surface area contributed by atoms with Crippen LogP contribution >= 0.6 is 11.6 Å². The van der Waals surface area contributed by atoms with Gasteiger partial charge < -0.3 is 15.5 Å². The number of hydrogen-bond acceptors (Lipinski definition) is 5. The number of nitrogens with one attached hydrogen (secondary N) is 1. The van der Waals surface area contributed by atoms with E-state index in [9.17, 15) is 19.8 Å². The van der Waals surface area contributed by atoms with Gasteiger partial charge in [-0.2, -0.15) is 0 Å². The number of aliphatic hydroxyl groups excluding tert-OH is 1. The normalized spacial score (nSPS) is 16.8. The van der Waals surface area contributed by atoms with Crippen LogP contribution in [0.25, 0.3) is 5.76 Å². The third-order valence-electron chi connectivity index (χ3n) is 5.96. The largest absolute Gasteiger partial charge is 0.508 e. The Kier molecular flexibility index (Phi) is 6.19. The number of nitrogens with zero attached hydrogens (tertiary/aromatic N) is 1. The smallest absolute Gasteiger partial charge is 0.300 e. The lowest BCUT2D eigenvalue weighted by atomic mass is 9.95. The Balaban J connectivity index is 1.59. The van der Waals surface area contributed by atoms with E-state index in [0.717, 1.165) is 11.4 Å². The van der Waals surface area contributed by atoms with E-state index in [2.05, 4.69) is 5.32 Å². The van der Waals surface area contributed by atoms with Crippen LogP contribution < -0.4 is 10.2 Å². The van der Waals surface area contributed by atoms with Crippen LogP contribution in [0.15, 0.2) is 109 Å². The minimum absolute atomic E-state index is 0.0434. The van der Waals surface area contributed by atoms with Crippen LogP contribution in [0.2, 0.25) is 5.02 Å². The van der Waals surface area contributed by atoms with Gasteiger partial charge in [-0.3, -0.25) is 14.5 Å². The second-order valence-electron chi connectivity index (χ2n) is 8.31. The molecule has 5 rings (SSSR count). The number of ketones is 1. The van der Waals surface area contributed by atoms with Crippen molar-refractivity contribution in [1.82, 2.24) is 0 Å². The summed E-state index contributed by atoms with van der Waals surface area (Å²) in [6, 6.07) is 28.5. The first-order valence-corrected chi connectivity index (χ1v) is 11.6. The van der Waals surface area contributed by atoms with Crippen molar-refractivity contribution in [1.29, 1.82) is 0 Å². The molecule has 0 aliphatic carbocycles. The van der Waals surface area contributed by atoms with Gasteiger partial charge in [-0.25, -0.2) is 0 Å². The van der Waals surface area contributed by atoms with Crippen molar-refractivity contribution in [3.63, 3.8) is 0 Å². The lowest BCUT2D eigenvalue weighted by Gasteiger charge is -2.25. The summed E-state index contributed by atoms with van der Waals surface area (Å²) in [5.41, 5.74) is 3.03. The summed E-state index contributed by atoms with van der Waals surface area (Å²) in [5, 5.41) is 24.6. The Labute approximate surface area is 212 Å². The Bertz CT molecular complexity index is 1470. The zero-order valence-electron chi connectivity index (χ0n) is 18.9. The number of hydrogen-bond donors (Lipinski definition) is 3. The molecule has 0 bridgehead atoms. The van der Waals surface area contributed by atoms with Crippen molar-refractivity contribution in [3.05, 3.63) is 125 Å². The van der Waals surface area contributed by atoms with Crippen LogP contribution in [0.3, 0.4) is 0 Å². The molecule has 0 radical (unpaired) electrons. The summed E-state index contributed by atoms with van der Waals surface area (Å²) in [7, 11) is 0. The lowest BCUT2D eigenvalue weighted by molar-refractivity contribution is -0.132. The van der Waals surface area contributed by atoms with Crippen molar-refractivity contribution in [2.45, 2.75) is 6.04 Å². The molecule has 4 aromatic carbocycles. The highest BCUT2D eigenvalue weighted by molar-refractivity contribution is 6.51. The van der Waals surface area contributed by atoms with Crippen molar-refractivity contribution in [2.24, 2.45) is 0 Å². The number of halogens is 1. The summed E-state index contributed by atoms with van der Waals surface area (Å²) in [6.07, 6.45) is 0. The molecule has 36 heavy (non-hydrogen) atoms. The second-order valence-corrected chi connectivity index (χ2v) is 8.75. The average Bonchev–Trinajstić information content (AvgIpc) is 3.15. The molecule has 1 heterocycles. The number of carbonyl (C=O) groups is 2. The molecule has 3 N–H and O–H groups in total. The monoisotopic (exact) mass is 496 g/mol. The lowest BCUT2D eigenvalue weighted by Crippen LogP contribution is -2.29. The van der Waals surface area contributed by atoms with Gasteiger partial charge in [0.25, 0.3) is 11.7 Å². The summed E-state index contributed by atoms with van der Waals surface area (Å²) in [4.78, 5) is 27.9. The summed E-state index contributed by atoms with van der Waals surface area (Å²) in [5.74, 6) is -1.85. The first-order chi connectivity index (χ1) is 17.4. The average molecular weight is 497 g/mol. The topological polar surface area (TPSA) is 89.9 Å². The maximum absolute atomic E-state index is 13.3. The molecule has 6 nitrogen and oxygen atoms in total. The van der Waals surface area contributed by atoms with Gasteiger partial charge in [0.2, 0.25) is 0 Å². The predicted octanol–water partition coefficient (Wildman–Crippen LogP) is 6.42. The highest BCUT2D eigenvalue weighted by Crippen LogP contribution is 2.42. The number of carbonyl (C=O) groups excluding carboxylic acids is 2. The van der Waals surface area contributed by atoms with E-state index in [0.29, 0.717) is 21.8 Å². The van der Waals surface area contributed by atoms with Gasteiger partial charge in [-0.05, 0) is 66.2 Å². The number of amides is 1. The van der Waals surface area contributed by atoms with Crippen LogP contribution in [-0.4, -0.2) is 21.9 Å². The van der Waals surface area contributed by atoms with Gasteiger partial charge in [-0.1, -0.05) is 54.1 Å². The van der Waals surface area contributed by atoms with Crippen molar-refractivity contribution in [2.75, 3.05) is 10.2 Å². The molecule has 1 unspecified atom stereocenters. The fourth-order valence-corrected chi connectivity index (χ4v) is 4.45. The molecule has 0 spiro atoms. The number of benzene rings is 4. The number of para-hydroxylation sites is 1. The maximum Gasteiger partial charge on any atom is 0.300 e. The van der Waals surface area contributed by atoms with Gasteiger partial charge in [0.05, 0.1) is 11.6 Å². The minimum atomic E-state index is -0.905. The summed E-state index contributed by atoms with van der Waals surface area (Å²) >= 11 is 6.10. The standard InChI is InChI=1S/C29H21ClN2O4/c30-20-6-4-5-19(17-20)27(34)25-26(18-9-15-24(33)16-10-18)32(29(36)28(25)35)23-13-11-22(12-14-23)31-21-7-2-1-3-8-21/h1-17,26,31,33-34H/b27-25-. The molecule has 4 aromatic rings. The summed E-state index contributed by atoms with van der Waals surface area (Å²) < 4.78 is 0. The molecule has 0 aromatic heterocycles. The van der Waals surface area contributed by atoms with Crippen molar-refractivity contribution < 1.29 is 19.8 Å². The zero-order chi connectivity index (χ0) is 25.2. The highest BCUT2D eigenvalue weighted by Gasteiger charge is 2.47. The first kappa shape index (κ1) is 23.2.